The number of carbonyl (C=O) groups is 2. The van der Waals surface area contributed by atoms with Gasteiger partial charge in [-0.2, -0.15) is 0 Å². The lowest BCUT2D eigenvalue weighted by atomic mass is 9.97. The zero-order valence-electron chi connectivity index (χ0n) is 16.8. The Balaban J connectivity index is 1.97. The number of hydrogen-bond acceptors (Lipinski definition) is 4. The molecule has 2 rings (SSSR count). The molecule has 0 spiro atoms. The zero-order valence-corrected chi connectivity index (χ0v) is 16.8. The molecule has 1 N–H and O–H groups in total. The minimum absolute atomic E-state index is 0.320. The number of carbonyl (C=O) groups excluding carboxylic acids is 2. The number of amides is 1. The van der Waals surface area contributed by atoms with Crippen molar-refractivity contribution in [2.45, 2.75) is 39.2 Å². The predicted molar refractivity (Wildman–Crippen MR) is 111 cm³/mol. The van der Waals surface area contributed by atoms with Gasteiger partial charge in [-0.15, -0.1) is 0 Å². The maximum absolute atomic E-state index is 12.4. The van der Waals surface area contributed by atoms with Gasteiger partial charge >= 0.3 is 5.97 Å². The summed E-state index contributed by atoms with van der Waals surface area (Å²) >= 11 is 0. The van der Waals surface area contributed by atoms with Crippen LogP contribution in [-0.2, 0) is 14.3 Å². The topological polar surface area (TPSA) is 64.6 Å². The van der Waals surface area contributed by atoms with E-state index in [1.165, 1.54) is 6.08 Å². The molecule has 0 aliphatic rings. The van der Waals surface area contributed by atoms with Gasteiger partial charge in [0.25, 0.3) is 5.91 Å². The summed E-state index contributed by atoms with van der Waals surface area (Å²) in [5, 5.41) is 2.86. The lowest BCUT2D eigenvalue weighted by molar-refractivity contribution is -0.148. The number of anilines is 1. The molecule has 0 aliphatic heterocycles. The first-order valence-corrected chi connectivity index (χ1v) is 9.37. The first kappa shape index (κ1) is 21.2. The maximum atomic E-state index is 12.4. The van der Waals surface area contributed by atoms with Crippen LogP contribution in [0.4, 0.5) is 5.69 Å². The van der Waals surface area contributed by atoms with Gasteiger partial charge in [0, 0.05) is 11.8 Å². The molecule has 0 bridgehead atoms. The summed E-state index contributed by atoms with van der Waals surface area (Å²) in [5.41, 5.74) is 2.61. The maximum Gasteiger partial charge on any atom is 0.331 e. The molecule has 0 heterocycles. The van der Waals surface area contributed by atoms with E-state index < -0.39 is 12.1 Å². The Morgan fingerprint density at radius 1 is 1.11 bits per heavy atom. The van der Waals surface area contributed by atoms with Gasteiger partial charge in [0.15, 0.2) is 6.10 Å². The zero-order chi connectivity index (χ0) is 20.5. The molecular formula is C23H27NO4. The van der Waals surface area contributed by atoms with Crippen molar-refractivity contribution in [3.63, 3.8) is 0 Å². The summed E-state index contributed by atoms with van der Waals surface area (Å²) in [4.78, 5) is 24.5. The molecule has 0 saturated carbocycles. The highest BCUT2D eigenvalue weighted by molar-refractivity contribution is 5.97. The summed E-state index contributed by atoms with van der Waals surface area (Å²) in [6.07, 6.45) is 2.97. The monoisotopic (exact) mass is 381 g/mol. The van der Waals surface area contributed by atoms with E-state index >= 15 is 0 Å². The summed E-state index contributed by atoms with van der Waals surface area (Å²) in [7, 11) is 1.58. The molecule has 5 heteroatoms. The van der Waals surface area contributed by atoms with Gasteiger partial charge < -0.3 is 14.8 Å². The Labute approximate surface area is 166 Å². The molecule has 0 aliphatic carbocycles. The molecule has 28 heavy (non-hydrogen) atoms. The fraction of sp³-hybridized carbons (Fsp3) is 0.304. The van der Waals surface area contributed by atoms with Gasteiger partial charge in [-0.25, -0.2) is 4.79 Å². The largest absolute Gasteiger partial charge is 0.497 e. The molecule has 0 saturated heterocycles. The molecular weight excluding hydrogens is 354 g/mol. The quantitative estimate of drug-likeness (QED) is 0.527. The standard InChI is InChI=1S/C23H27NO4/c1-5-16(2)20-11-6-7-12-21(20)24-23(26)17(3)28-22(25)14-13-18-9-8-10-19(15-18)27-4/h6-17H,5H2,1-4H3,(H,24,26)/b14-13+. The Bertz CT molecular complexity index is 844. The van der Waals surface area contributed by atoms with Crippen molar-refractivity contribution < 1.29 is 19.1 Å². The van der Waals surface area contributed by atoms with E-state index in [0.29, 0.717) is 11.7 Å². The van der Waals surface area contributed by atoms with Crippen molar-refractivity contribution in [1.29, 1.82) is 0 Å². The van der Waals surface area contributed by atoms with Crippen LogP contribution in [0.2, 0.25) is 0 Å². The average Bonchev–Trinajstić information content (AvgIpc) is 2.72. The van der Waals surface area contributed by atoms with Crippen LogP contribution >= 0.6 is 0 Å². The molecule has 1 amide bonds. The van der Waals surface area contributed by atoms with E-state index in [4.69, 9.17) is 9.47 Å². The van der Waals surface area contributed by atoms with E-state index in [1.54, 1.807) is 26.2 Å². The number of hydrogen-bond donors (Lipinski definition) is 1. The minimum Gasteiger partial charge on any atom is -0.497 e. The van der Waals surface area contributed by atoms with E-state index in [0.717, 1.165) is 23.2 Å². The molecule has 0 aromatic heterocycles. The third-order valence-corrected chi connectivity index (χ3v) is 4.53. The predicted octanol–water partition coefficient (Wildman–Crippen LogP) is 4.79. The van der Waals surface area contributed by atoms with Crippen LogP contribution in [0.5, 0.6) is 5.75 Å². The molecule has 0 fully saturated rings. The third-order valence-electron chi connectivity index (χ3n) is 4.53. The number of ether oxygens (including phenoxy) is 2. The van der Waals surface area contributed by atoms with Crippen LogP contribution in [-0.4, -0.2) is 25.1 Å². The van der Waals surface area contributed by atoms with Gasteiger partial charge in [-0.1, -0.05) is 44.2 Å². The fourth-order valence-electron chi connectivity index (χ4n) is 2.67. The minimum atomic E-state index is -0.910. The summed E-state index contributed by atoms with van der Waals surface area (Å²) in [5.74, 6) is 0.0722. The van der Waals surface area contributed by atoms with Gasteiger partial charge in [-0.05, 0) is 54.7 Å². The molecule has 2 aromatic rings. The van der Waals surface area contributed by atoms with E-state index in [9.17, 15) is 9.59 Å². The smallest absolute Gasteiger partial charge is 0.331 e. The third kappa shape index (κ3) is 5.98. The molecule has 2 aromatic carbocycles. The van der Waals surface area contributed by atoms with Crippen LogP contribution in [0.15, 0.2) is 54.6 Å². The number of methoxy groups -OCH3 is 1. The lowest BCUT2D eigenvalue weighted by Gasteiger charge is -2.17. The van der Waals surface area contributed by atoms with Gasteiger partial charge in [0.05, 0.1) is 7.11 Å². The van der Waals surface area contributed by atoms with Crippen molar-refractivity contribution in [1.82, 2.24) is 0 Å². The van der Waals surface area contributed by atoms with Crippen LogP contribution in [0.3, 0.4) is 0 Å². The fourth-order valence-corrected chi connectivity index (χ4v) is 2.67. The summed E-state index contributed by atoms with van der Waals surface area (Å²) in [6.45, 7) is 5.76. The van der Waals surface area contributed by atoms with E-state index in [-0.39, 0.29) is 5.91 Å². The normalized spacial score (nSPS) is 13.0. The van der Waals surface area contributed by atoms with E-state index in [2.05, 4.69) is 19.2 Å². The van der Waals surface area contributed by atoms with Crippen LogP contribution in [0, 0.1) is 0 Å². The summed E-state index contributed by atoms with van der Waals surface area (Å²) in [6, 6.07) is 15.0. The Kier molecular flexibility index (Phi) is 7.81. The van der Waals surface area contributed by atoms with Crippen molar-refractivity contribution in [3.05, 3.63) is 65.7 Å². The number of rotatable bonds is 8. The number of benzene rings is 2. The second-order valence-electron chi connectivity index (χ2n) is 6.57. The highest BCUT2D eigenvalue weighted by atomic mass is 16.5. The Morgan fingerprint density at radius 2 is 1.86 bits per heavy atom. The van der Waals surface area contributed by atoms with Crippen LogP contribution in [0.1, 0.15) is 44.2 Å². The molecule has 5 nitrogen and oxygen atoms in total. The first-order chi connectivity index (χ1) is 13.4. The molecule has 2 atom stereocenters. The number of nitrogens with one attached hydrogen (secondary N) is 1. The second kappa shape index (κ2) is 10.3. The molecule has 148 valence electrons. The van der Waals surface area contributed by atoms with Crippen LogP contribution < -0.4 is 10.1 Å². The van der Waals surface area contributed by atoms with E-state index in [1.807, 2.05) is 42.5 Å². The number of para-hydroxylation sites is 1. The highest BCUT2D eigenvalue weighted by Crippen LogP contribution is 2.26. The number of esters is 1. The van der Waals surface area contributed by atoms with Gasteiger partial charge in [0.1, 0.15) is 5.75 Å². The van der Waals surface area contributed by atoms with Crippen molar-refractivity contribution in [2.75, 3.05) is 12.4 Å². The lowest BCUT2D eigenvalue weighted by Crippen LogP contribution is -2.29. The Hall–Kier alpha value is -3.08. The van der Waals surface area contributed by atoms with Gasteiger partial charge in [-0.3, -0.25) is 4.79 Å². The average molecular weight is 381 g/mol. The van der Waals surface area contributed by atoms with Crippen molar-refractivity contribution in [2.24, 2.45) is 0 Å². The summed E-state index contributed by atoms with van der Waals surface area (Å²) < 4.78 is 10.4. The SMILES string of the molecule is CCC(C)c1ccccc1NC(=O)C(C)OC(=O)/C=C/c1cccc(OC)c1. The second-order valence-corrected chi connectivity index (χ2v) is 6.57. The van der Waals surface area contributed by atoms with Gasteiger partial charge in [0.2, 0.25) is 0 Å². The highest BCUT2D eigenvalue weighted by Gasteiger charge is 2.18. The Morgan fingerprint density at radius 3 is 2.57 bits per heavy atom. The first-order valence-electron chi connectivity index (χ1n) is 9.37. The van der Waals surface area contributed by atoms with Crippen LogP contribution in [0.25, 0.3) is 6.08 Å². The molecule has 2 unspecified atom stereocenters. The van der Waals surface area contributed by atoms with Crippen molar-refractivity contribution >= 4 is 23.6 Å². The molecule has 0 radical (unpaired) electrons. The van der Waals surface area contributed by atoms with Crippen molar-refractivity contribution in [3.8, 4) is 5.75 Å².